The van der Waals surface area contributed by atoms with Crippen LogP contribution in [0.4, 0.5) is 13.2 Å². The maximum atomic E-state index is 12.9. The highest BCUT2D eigenvalue weighted by molar-refractivity contribution is 7.89. The third-order valence-corrected chi connectivity index (χ3v) is 7.51. The summed E-state index contributed by atoms with van der Waals surface area (Å²) in [6.45, 7) is 2.95. The predicted octanol–water partition coefficient (Wildman–Crippen LogP) is 3.15. The summed E-state index contributed by atoms with van der Waals surface area (Å²) >= 11 is 0. The number of sulfonamides is 1. The van der Waals surface area contributed by atoms with Crippen LogP contribution in [0.5, 0.6) is 0 Å². The minimum atomic E-state index is -4.62. The third kappa shape index (κ3) is 7.02. The van der Waals surface area contributed by atoms with E-state index in [-0.39, 0.29) is 36.5 Å². The molecular formula is C23H28F3N3O3S. The van der Waals surface area contributed by atoms with Crippen molar-refractivity contribution in [3.05, 3.63) is 65.7 Å². The van der Waals surface area contributed by atoms with Crippen LogP contribution in [-0.4, -0.2) is 62.3 Å². The molecule has 1 saturated heterocycles. The van der Waals surface area contributed by atoms with Crippen LogP contribution in [0.3, 0.4) is 0 Å². The molecule has 1 atom stereocenters. The van der Waals surface area contributed by atoms with Crippen molar-refractivity contribution < 1.29 is 26.4 Å². The van der Waals surface area contributed by atoms with Crippen molar-refractivity contribution in [3.63, 3.8) is 0 Å². The normalized spacial score (nSPS) is 17.0. The number of piperazine rings is 1. The topological polar surface area (TPSA) is 69.7 Å². The lowest BCUT2D eigenvalue weighted by molar-refractivity contribution is -0.137. The molecule has 1 aliphatic heterocycles. The molecule has 3 rings (SSSR count). The molecule has 1 amide bonds. The highest BCUT2D eigenvalue weighted by atomic mass is 32.2. The number of nitrogens with one attached hydrogen (secondary N) is 1. The summed E-state index contributed by atoms with van der Waals surface area (Å²) in [4.78, 5) is 13.8. The lowest BCUT2D eigenvalue weighted by atomic mass is 10.1. The fraction of sp³-hybridized carbons (Fsp3) is 0.435. The zero-order valence-electron chi connectivity index (χ0n) is 18.4. The highest BCUT2D eigenvalue weighted by Crippen LogP contribution is 2.31. The highest BCUT2D eigenvalue weighted by Gasteiger charge is 2.34. The Labute approximate surface area is 192 Å². The summed E-state index contributed by atoms with van der Waals surface area (Å²) in [6.07, 6.45) is -2.96. The molecule has 1 aliphatic rings. The summed E-state index contributed by atoms with van der Waals surface area (Å²) in [5, 5.41) is 2.97. The van der Waals surface area contributed by atoms with Crippen molar-refractivity contribution in [1.29, 1.82) is 0 Å². The summed E-state index contributed by atoms with van der Waals surface area (Å²) < 4.78 is 65.6. The van der Waals surface area contributed by atoms with Gasteiger partial charge in [-0.25, -0.2) is 8.42 Å². The zero-order valence-corrected chi connectivity index (χ0v) is 19.2. The van der Waals surface area contributed by atoms with Gasteiger partial charge in [0.1, 0.15) is 0 Å². The summed E-state index contributed by atoms with van der Waals surface area (Å²) in [5.41, 5.74) is 0.206. The van der Waals surface area contributed by atoms with Gasteiger partial charge < -0.3 is 5.32 Å². The summed E-state index contributed by atoms with van der Waals surface area (Å²) in [6, 6.07) is 13.8. The van der Waals surface area contributed by atoms with Crippen molar-refractivity contribution in [1.82, 2.24) is 14.5 Å². The second kappa shape index (κ2) is 10.7. The Morgan fingerprint density at radius 3 is 2.33 bits per heavy atom. The van der Waals surface area contributed by atoms with Crippen molar-refractivity contribution in [2.24, 2.45) is 0 Å². The van der Waals surface area contributed by atoms with E-state index >= 15 is 0 Å². The molecular weight excluding hydrogens is 455 g/mol. The molecule has 0 saturated carbocycles. The van der Waals surface area contributed by atoms with Gasteiger partial charge in [-0.05, 0) is 43.5 Å². The minimum absolute atomic E-state index is 0.000261. The standard InChI is InChI=1S/C23H28F3N3O3S/c1-18(10-11-19-6-3-2-4-7-19)27-22(30)17-28-12-14-29(15-13-28)33(31,32)21-9-5-8-20(16-21)23(24,25)26/h2-9,16,18H,10-15,17H2,1H3,(H,27,30). The predicted molar refractivity (Wildman–Crippen MR) is 119 cm³/mol. The van der Waals surface area contributed by atoms with Gasteiger partial charge in [-0.1, -0.05) is 36.4 Å². The zero-order chi connectivity index (χ0) is 24.1. The van der Waals surface area contributed by atoms with E-state index in [0.717, 1.165) is 25.0 Å². The Morgan fingerprint density at radius 2 is 1.70 bits per heavy atom. The van der Waals surface area contributed by atoms with Crippen LogP contribution in [0.2, 0.25) is 0 Å². The number of benzene rings is 2. The number of amides is 1. The summed E-state index contributed by atoms with van der Waals surface area (Å²) in [7, 11) is -4.04. The number of rotatable bonds is 8. The molecule has 0 radical (unpaired) electrons. The Bertz CT molecular complexity index is 1040. The molecule has 1 N–H and O–H groups in total. The lowest BCUT2D eigenvalue weighted by Gasteiger charge is -2.33. The molecule has 2 aromatic rings. The van der Waals surface area contributed by atoms with Crippen LogP contribution >= 0.6 is 0 Å². The van der Waals surface area contributed by atoms with Gasteiger partial charge in [0.2, 0.25) is 15.9 Å². The van der Waals surface area contributed by atoms with Gasteiger partial charge in [0, 0.05) is 32.2 Å². The quantitative estimate of drug-likeness (QED) is 0.627. The number of carbonyl (C=O) groups is 1. The second-order valence-electron chi connectivity index (χ2n) is 8.20. The first-order valence-electron chi connectivity index (χ1n) is 10.8. The van der Waals surface area contributed by atoms with E-state index in [1.807, 2.05) is 42.2 Å². The summed E-state index contributed by atoms with van der Waals surface area (Å²) in [5.74, 6) is -0.134. The molecule has 0 spiro atoms. The molecule has 1 fully saturated rings. The van der Waals surface area contributed by atoms with E-state index in [0.29, 0.717) is 19.2 Å². The largest absolute Gasteiger partial charge is 0.416 e. The average Bonchev–Trinajstić information content (AvgIpc) is 2.78. The van der Waals surface area contributed by atoms with E-state index < -0.39 is 21.8 Å². The van der Waals surface area contributed by atoms with Gasteiger partial charge in [0.05, 0.1) is 17.0 Å². The maximum absolute atomic E-state index is 12.9. The van der Waals surface area contributed by atoms with Gasteiger partial charge in [0.15, 0.2) is 0 Å². The van der Waals surface area contributed by atoms with Gasteiger partial charge in [-0.15, -0.1) is 0 Å². The van der Waals surface area contributed by atoms with Crippen molar-refractivity contribution in [3.8, 4) is 0 Å². The van der Waals surface area contributed by atoms with Gasteiger partial charge in [-0.2, -0.15) is 17.5 Å². The molecule has 2 aromatic carbocycles. The molecule has 0 aliphatic carbocycles. The molecule has 1 heterocycles. The first-order chi connectivity index (χ1) is 15.6. The number of halogens is 3. The SMILES string of the molecule is CC(CCc1ccccc1)NC(=O)CN1CCN(S(=O)(=O)c2cccc(C(F)(F)F)c2)CC1. The van der Waals surface area contributed by atoms with Gasteiger partial charge >= 0.3 is 6.18 Å². The minimum Gasteiger partial charge on any atom is -0.353 e. The Morgan fingerprint density at radius 1 is 1.03 bits per heavy atom. The second-order valence-corrected chi connectivity index (χ2v) is 10.1. The van der Waals surface area contributed by atoms with Gasteiger partial charge in [0.25, 0.3) is 0 Å². The first-order valence-corrected chi connectivity index (χ1v) is 12.2. The van der Waals surface area contributed by atoms with Crippen LogP contribution in [-0.2, 0) is 27.4 Å². The van der Waals surface area contributed by atoms with Gasteiger partial charge in [-0.3, -0.25) is 9.69 Å². The number of hydrogen-bond donors (Lipinski definition) is 1. The van der Waals surface area contributed by atoms with Crippen LogP contribution < -0.4 is 5.32 Å². The number of aryl methyl sites for hydroxylation is 1. The number of alkyl halides is 3. The van der Waals surface area contributed by atoms with E-state index in [9.17, 15) is 26.4 Å². The van der Waals surface area contributed by atoms with Crippen molar-refractivity contribution >= 4 is 15.9 Å². The Kier molecular flexibility index (Phi) is 8.14. The van der Waals surface area contributed by atoms with Crippen LogP contribution in [0.1, 0.15) is 24.5 Å². The molecule has 6 nitrogen and oxygen atoms in total. The third-order valence-electron chi connectivity index (χ3n) is 5.61. The van der Waals surface area contributed by atoms with Crippen molar-refractivity contribution in [2.75, 3.05) is 32.7 Å². The molecule has 33 heavy (non-hydrogen) atoms. The number of carbonyl (C=O) groups excluding carboxylic acids is 1. The Balaban J connectivity index is 1.47. The van der Waals surface area contributed by atoms with E-state index in [2.05, 4.69) is 5.32 Å². The monoisotopic (exact) mass is 483 g/mol. The first kappa shape index (κ1) is 25.2. The number of nitrogens with zero attached hydrogens (tertiary/aromatic N) is 2. The Hall–Kier alpha value is -2.43. The maximum Gasteiger partial charge on any atom is 0.416 e. The van der Waals surface area contributed by atoms with Crippen LogP contribution in [0.25, 0.3) is 0 Å². The van der Waals surface area contributed by atoms with E-state index in [1.54, 1.807) is 0 Å². The molecule has 0 aromatic heterocycles. The lowest BCUT2D eigenvalue weighted by Crippen LogP contribution is -2.51. The van der Waals surface area contributed by atoms with Crippen LogP contribution in [0.15, 0.2) is 59.5 Å². The van der Waals surface area contributed by atoms with Crippen LogP contribution in [0, 0.1) is 0 Å². The molecule has 1 unspecified atom stereocenters. The van der Waals surface area contributed by atoms with Crippen molar-refractivity contribution in [2.45, 2.75) is 36.9 Å². The molecule has 10 heteroatoms. The van der Waals surface area contributed by atoms with E-state index in [1.165, 1.54) is 15.9 Å². The molecule has 0 bridgehead atoms. The molecule has 180 valence electrons. The van der Waals surface area contributed by atoms with E-state index in [4.69, 9.17) is 0 Å². The smallest absolute Gasteiger partial charge is 0.353 e. The fourth-order valence-corrected chi connectivity index (χ4v) is 5.20. The fourth-order valence-electron chi connectivity index (χ4n) is 3.73. The number of hydrogen-bond acceptors (Lipinski definition) is 4. The average molecular weight is 484 g/mol.